The van der Waals surface area contributed by atoms with Gasteiger partial charge < -0.3 is 9.47 Å². The second-order valence-corrected chi connectivity index (χ2v) is 7.39. The van der Waals surface area contributed by atoms with E-state index in [0.29, 0.717) is 10.4 Å². The van der Waals surface area contributed by atoms with E-state index in [1.54, 1.807) is 23.9 Å². The molecule has 2 fully saturated rings. The molecule has 1 aliphatic carbocycles. The van der Waals surface area contributed by atoms with Gasteiger partial charge >= 0.3 is 0 Å². The fourth-order valence-electron chi connectivity index (χ4n) is 2.85. The molecule has 1 saturated heterocycles. The number of benzene rings is 1. The van der Waals surface area contributed by atoms with Crippen LogP contribution < -0.4 is 0 Å². The minimum atomic E-state index is -0.273. The summed E-state index contributed by atoms with van der Waals surface area (Å²) in [5.74, 6) is 1.25. The molecule has 0 atom stereocenters. The van der Waals surface area contributed by atoms with E-state index in [9.17, 15) is 4.39 Å². The second-order valence-electron chi connectivity index (χ2n) is 5.44. The Hall–Kier alpha value is -0.100. The molecule has 1 saturated carbocycles. The van der Waals surface area contributed by atoms with E-state index in [1.165, 1.54) is 0 Å². The van der Waals surface area contributed by atoms with Gasteiger partial charge in [-0.3, -0.25) is 0 Å². The van der Waals surface area contributed by atoms with Crippen molar-refractivity contribution in [2.45, 2.75) is 36.4 Å². The number of ether oxygens (including phenoxy) is 2. The average Bonchev–Trinajstić information content (AvgIpc) is 2.90. The Kier molecular flexibility index (Phi) is 4.70. The molecule has 1 aromatic carbocycles. The molecule has 20 heavy (non-hydrogen) atoms. The van der Waals surface area contributed by atoms with Crippen molar-refractivity contribution >= 4 is 27.7 Å². The van der Waals surface area contributed by atoms with Gasteiger partial charge in [-0.2, -0.15) is 0 Å². The minimum Gasteiger partial charge on any atom is -0.348 e. The summed E-state index contributed by atoms with van der Waals surface area (Å²) in [5, 5.41) is 0. The van der Waals surface area contributed by atoms with Crippen molar-refractivity contribution < 1.29 is 13.9 Å². The number of thioether (sulfide) groups is 1. The van der Waals surface area contributed by atoms with E-state index in [0.717, 1.165) is 49.5 Å². The number of hydrogen-bond donors (Lipinski definition) is 0. The maximum Gasteiger partial charge on any atom is 0.168 e. The predicted octanol–water partition coefficient (Wildman–Crippen LogP) is 4.61. The summed E-state index contributed by atoms with van der Waals surface area (Å²) in [6.45, 7) is 1.47. The normalized spacial score (nSPS) is 22.5. The molecule has 1 spiro atoms. The Bertz CT molecular complexity index is 467. The van der Waals surface area contributed by atoms with Crippen molar-refractivity contribution in [1.82, 2.24) is 0 Å². The smallest absolute Gasteiger partial charge is 0.168 e. The lowest BCUT2D eigenvalue weighted by Gasteiger charge is -2.35. The molecule has 5 heteroatoms. The summed E-state index contributed by atoms with van der Waals surface area (Å²) in [6, 6.07) is 5.33. The van der Waals surface area contributed by atoms with Crippen LogP contribution in [0.2, 0.25) is 0 Å². The van der Waals surface area contributed by atoms with Crippen molar-refractivity contribution in [3.8, 4) is 0 Å². The SMILES string of the molecule is Fc1cc(SCC2CCC3(CC2)OCCO3)ccc1Br. The van der Waals surface area contributed by atoms with Gasteiger partial charge in [-0.1, -0.05) is 0 Å². The molecule has 110 valence electrons. The van der Waals surface area contributed by atoms with Crippen LogP contribution in [0.25, 0.3) is 0 Å². The van der Waals surface area contributed by atoms with Crippen LogP contribution in [0.4, 0.5) is 4.39 Å². The fourth-order valence-corrected chi connectivity index (χ4v) is 4.21. The Morgan fingerprint density at radius 1 is 1.25 bits per heavy atom. The molecule has 0 bridgehead atoms. The van der Waals surface area contributed by atoms with Crippen LogP contribution in [0.15, 0.2) is 27.6 Å². The standard InChI is InChI=1S/C15H18BrFO2S/c16-13-2-1-12(9-14(13)17)20-10-11-3-5-15(6-4-11)18-7-8-19-15/h1-2,9,11H,3-8,10H2. The predicted molar refractivity (Wildman–Crippen MR) is 81.4 cm³/mol. The molecule has 0 aromatic heterocycles. The lowest BCUT2D eigenvalue weighted by atomic mass is 9.86. The van der Waals surface area contributed by atoms with Crippen molar-refractivity contribution in [3.05, 3.63) is 28.5 Å². The van der Waals surface area contributed by atoms with Gasteiger partial charge in [-0.15, -0.1) is 11.8 Å². The molecule has 2 nitrogen and oxygen atoms in total. The molecule has 3 rings (SSSR count). The summed E-state index contributed by atoms with van der Waals surface area (Å²) in [5.41, 5.74) is 0. The molecular formula is C15H18BrFO2S. The van der Waals surface area contributed by atoms with Crippen LogP contribution in [-0.2, 0) is 9.47 Å². The maximum absolute atomic E-state index is 13.5. The zero-order chi connectivity index (χ0) is 14.0. The first-order chi connectivity index (χ1) is 9.67. The average molecular weight is 361 g/mol. The van der Waals surface area contributed by atoms with Crippen molar-refractivity contribution in [2.24, 2.45) is 5.92 Å². The first-order valence-electron chi connectivity index (χ1n) is 7.03. The van der Waals surface area contributed by atoms with Gasteiger partial charge in [0.05, 0.1) is 17.7 Å². The molecule has 0 amide bonds. The highest BCUT2D eigenvalue weighted by Crippen LogP contribution is 2.40. The summed E-state index contributed by atoms with van der Waals surface area (Å²) >= 11 is 4.92. The Labute approximate surface area is 131 Å². The molecule has 2 aliphatic rings. The van der Waals surface area contributed by atoms with E-state index < -0.39 is 0 Å². The number of halogens is 2. The van der Waals surface area contributed by atoms with Gasteiger partial charge in [0.25, 0.3) is 0 Å². The third-order valence-electron chi connectivity index (χ3n) is 4.06. The second kappa shape index (κ2) is 6.34. The van der Waals surface area contributed by atoms with E-state index in [4.69, 9.17) is 9.47 Å². The lowest BCUT2D eigenvalue weighted by molar-refractivity contribution is -0.181. The molecule has 1 aromatic rings. The van der Waals surface area contributed by atoms with Gasteiger partial charge in [-0.05, 0) is 52.9 Å². The van der Waals surface area contributed by atoms with Crippen LogP contribution in [0.3, 0.4) is 0 Å². The first kappa shape index (κ1) is 14.8. The Balaban J connectivity index is 1.49. The fraction of sp³-hybridized carbons (Fsp3) is 0.600. The molecule has 0 radical (unpaired) electrons. The molecule has 1 aliphatic heterocycles. The van der Waals surface area contributed by atoms with Gasteiger partial charge in [0.15, 0.2) is 5.79 Å². The molecule has 0 N–H and O–H groups in total. The molecular weight excluding hydrogens is 343 g/mol. The maximum atomic E-state index is 13.5. The van der Waals surface area contributed by atoms with Crippen LogP contribution in [-0.4, -0.2) is 24.8 Å². The first-order valence-corrected chi connectivity index (χ1v) is 8.80. The third kappa shape index (κ3) is 3.38. The molecule has 1 heterocycles. The quantitative estimate of drug-likeness (QED) is 0.733. The molecule has 0 unspecified atom stereocenters. The Morgan fingerprint density at radius 3 is 2.60 bits per heavy atom. The summed E-state index contributed by atoms with van der Waals surface area (Å²) in [7, 11) is 0. The highest BCUT2D eigenvalue weighted by molar-refractivity contribution is 9.10. The largest absolute Gasteiger partial charge is 0.348 e. The van der Waals surface area contributed by atoms with E-state index in [2.05, 4.69) is 15.9 Å². The highest BCUT2D eigenvalue weighted by atomic mass is 79.9. The van der Waals surface area contributed by atoms with Gasteiger partial charge in [-0.25, -0.2) is 4.39 Å². The van der Waals surface area contributed by atoms with Gasteiger partial charge in [0.2, 0.25) is 0 Å². The van der Waals surface area contributed by atoms with Crippen LogP contribution in [0.5, 0.6) is 0 Å². The minimum absolute atomic E-state index is 0.189. The monoisotopic (exact) mass is 360 g/mol. The highest BCUT2D eigenvalue weighted by Gasteiger charge is 2.40. The van der Waals surface area contributed by atoms with Gasteiger partial charge in [0, 0.05) is 23.5 Å². The van der Waals surface area contributed by atoms with Crippen LogP contribution in [0, 0.1) is 11.7 Å². The van der Waals surface area contributed by atoms with Crippen molar-refractivity contribution in [3.63, 3.8) is 0 Å². The summed E-state index contributed by atoms with van der Waals surface area (Å²) in [6.07, 6.45) is 4.25. The van der Waals surface area contributed by atoms with Crippen LogP contribution >= 0.6 is 27.7 Å². The van der Waals surface area contributed by atoms with Crippen LogP contribution in [0.1, 0.15) is 25.7 Å². The van der Waals surface area contributed by atoms with E-state index in [-0.39, 0.29) is 11.6 Å². The zero-order valence-corrected chi connectivity index (χ0v) is 13.6. The topological polar surface area (TPSA) is 18.5 Å². The third-order valence-corrected chi connectivity index (χ3v) is 5.93. The zero-order valence-electron chi connectivity index (χ0n) is 11.2. The van der Waals surface area contributed by atoms with E-state index >= 15 is 0 Å². The summed E-state index contributed by atoms with van der Waals surface area (Å²) in [4.78, 5) is 0.999. The Morgan fingerprint density at radius 2 is 1.95 bits per heavy atom. The van der Waals surface area contributed by atoms with Gasteiger partial charge in [0.1, 0.15) is 5.82 Å². The van der Waals surface area contributed by atoms with Crippen molar-refractivity contribution in [2.75, 3.05) is 19.0 Å². The number of hydrogen-bond acceptors (Lipinski definition) is 3. The lowest BCUT2D eigenvalue weighted by Crippen LogP contribution is -2.35. The van der Waals surface area contributed by atoms with E-state index in [1.807, 2.05) is 6.07 Å². The van der Waals surface area contributed by atoms with Crippen molar-refractivity contribution in [1.29, 1.82) is 0 Å². The number of rotatable bonds is 3. The summed E-state index contributed by atoms with van der Waals surface area (Å²) < 4.78 is 25.5.